The highest BCUT2D eigenvalue weighted by molar-refractivity contribution is 5.97. The lowest BCUT2D eigenvalue weighted by atomic mass is 10.1. The van der Waals surface area contributed by atoms with Crippen molar-refractivity contribution in [3.63, 3.8) is 0 Å². The number of nitrogens with one attached hydrogen (secondary N) is 2. The van der Waals surface area contributed by atoms with Crippen LogP contribution in [0.1, 0.15) is 30.5 Å². The Kier molecular flexibility index (Phi) is 7.56. The van der Waals surface area contributed by atoms with Crippen molar-refractivity contribution in [2.75, 3.05) is 17.6 Å². The smallest absolute Gasteiger partial charge is 0.258 e. The monoisotopic (exact) mass is 488 g/mol. The number of halogens is 2. The average molecular weight is 489 g/mol. The second-order valence-corrected chi connectivity index (χ2v) is 8.63. The molecule has 0 amide bonds. The molecule has 4 aromatic rings. The van der Waals surface area contributed by atoms with Crippen molar-refractivity contribution in [3.8, 4) is 11.8 Å². The maximum atomic E-state index is 13.5. The van der Waals surface area contributed by atoms with Gasteiger partial charge in [0.05, 0.1) is 42.5 Å². The van der Waals surface area contributed by atoms with Gasteiger partial charge in [0.2, 0.25) is 0 Å². The molecule has 0 unspecified atom stereocenters. The normalized spacial score (nSPS) is 10.9. The van der Waals surface area contributed by atoms with Gasteiger partial charge in [0.1, 0.15) is 0 Å². The lowest BCUT2D eigenvalue weighted by Gasteiger charge is -2.15. The fraction of sp³-hybridized carbons (Fsp3) is 0.222. The third-order valence-electron chi connectivity index (χ3n) is 5.40. The topological polar surface area (TPSA) is 97.9 Å². The zero-order valence-corrected chi connectivity index (χ0v) is 20.0. The van der Waals surface area contributed by atoms with E-state index in [9.17, 15) is 13.6 Å². The largest absolute Gasteiger partial charge is 0.396 e. The lowest BCUT2D eigenvalue weighted by molar-refractivity contribution is 0.506. The number of pyridine rings is 1. The first-order valence-electron chi connectivity index (χ1n) is 11.4. The van der Waals surface area contributed by atoms with Crippen LogP contribution in [0.25, 0.3) is 10.9 Å². The molecule has 0 spiro atoms. The third-order valence-corrected chi connectivity index (χ3v) is 5.40. The van der Waals surface area contributed by atoms with Crippen LogP contribution < -0.4 is 21.9 Å². The van der Waals surface area contributed by atoms with E-state index >= 15 is 0 Å². The number of rotatable bonds is 7. The number of hydrogen-bond acceptors (Lipinski definition) is 6. The zero-order chi connectivity index (χ0) is 25.7. The van der Waals surface area contributed by atoms with Crippen LogP contribution in [0, 0.1) is 23.5 Å². The summed E-state index contributed by atoms with van der Waals surface area (Å²) >= 11 is 0. The summed E-state index contributed by atoms with van der Waals surface area (Å²) in [5.74, 6) is 4.29. The minimum Gasteiger partial charge on any atom is -0.396 e. The summed E-state index contributed by atoms with van der Waals surface area (Å²) in [7, 11) is 0. The fourth-order valence-electron chi connectivity index (χ4n) is 3.71. The van der Waals surface area contributed by atoms with Crippen LogP contribution in [-0.2, 0) is 13.1 Å². The molecule has 36 heavy (non-hydrogen) atoms. The first-order valence-corrected chi connectivity index (χ1v) is 11.4. The van der Waals surface area contributed by atoms with Gasteiger partial charge in [-0.2, -0.15) is 0 Å². The average Bonchev–Trinajstić information content (AvgIpc) is 2.85. The second kappa shape index (κ2) is 11.0. The molecule has 0 saturated heterocycles. The maximum Gasteiger partial charge on any atom is 0.258 e. The van der Waals surface area contributed by atoms with Crippen LogP contribution in [0.2, 0.25) is 0 Å². The van der Waals surface area contributed by atoms with Crippen LogP contribution in [0.5, 0.6) is 0 Å². The van der Waals surface area contributed by atoms with Crippen LogP contribution in [0.3, 0.4) is 0 Å². The van der Waals surface area contributed by atoms with Crippen molar-refractivity contribution in [1.29, 1.82) is 0 Å². The summed E-state index contributed by atoms with van der Waals surface area (Å²) in [6.07, 6.45) is 4.50. The number of nitrogen functional groups attached to an aromatic ring is 1. The predicted molar refractivity (Wildman–Crippen MR) is 137 cm³/mol. The molecule has 2 aromatic carbocycles. The van der Waals surface area contributed by atoms with Gasteiger partial charge in [0, 0.05) is 35.3 Å². The standard InChI is InChI=1S/C27H26F2N6O/c1-17(2)34-26-21-10-18(6-8-25(21)33-14-24(26)30)4-3-9-31-12-20-13-32-16-35(27(20)36)15-19-5-7-22(28)23(29)11-19/h5-8,10-11,13-14,16-17,31H,9,12,15,30H2,1-2H3,(H,33,34). The molecule has 0 aliphatic carbocycles. The summed E-state index contributed by atoms with van der Waals surface area (Å²) in [5.41, 5.74) is 9.83. The summed E-state index contributed by atoms with van der Waals surface area (Å²) < 4.78 is 28.0. The van der Waals surface area contributed by atoms with E-state index in [1.807, 2.05) is 32.0 Å². The number of benzene rings is 2. The van der Waals surface area contributed by atoms with Gasteiger partial charge in [-0.05, 0) is 49.7 Å². The number of aromatic nitrogens is 3. The molecule has 184 valence electrons. The van der Waals surface area contributed by atoms with Gasteiger partial charge < -0.3 is 16.4 Å². The number of anilines is 2. The van der Waals surface area contributed by atoms with E-state index in [2.05, 4.69) is 32.4 Å². The molecule has 0 bridgehead atoms. The SMILES string of the molecule is CC(C)Nc1c(N)cnc2ccc(C#CCNCc3cncn(Cc4ccc(F)c(F)c4)c3=O)cc12. The molecule has 7 nitrogen and oxygen atoms in total. The van der Waals surface area contributed by atoms with Gasteiger partial charge in [-0.3, -0.25) is 14.3 Å². The van der Waals surface area contributed by atoms with Crippen LogP contribution in [0.15, 0.2) is 59.9 Å². The molecular formula is C27H26F2N6O. The van der Waals surface area contributed by atoms with Crippen molar-refractivity contribution in [3.05, 3.63) is 93.8 Å². The highest BCUT2D eigenvalue weighted by Crippen LogP contribution is 2.29. The molecule has 0 atom stereocenters. The Hall–Kier alpha value is -4.29. The van der Waals surface area contributed by atoms with Gasteiger partial charge in [-0.25, -0.2) is 13.8 Å². The van der Waals surface area contributed by atoms with E-state index in [1.54, 1.807) is 6.20 Å². The zero-order valence-electron chi connectivity index (χ0n) is 20.0. The molecule has 0 fully saturated rings. The van der Waals surface area contributed by atoms with Crippen molar-refractivity contribution in [1.82, 2.24) is 19.9 Å². The van der Waals surface area contributed by atoms with E-state index < -0.39 is 11.6 Å². The van der Waals surface area contributed by atoms with E-state index in [1.165, 1.54) is 23.2 Å². The number of fused-ring (bicyclic) bond motifs is 1. The molecule has 2 heterocycles. The molecule has 0 saturated carbocycles. The van der Waals surface area contributed by atoms with Crippen LogP contribution in [0.4, 0.5) is 20.2 Å². The summed E-state index contributed by atoms with van der Waals surface area (Å²) in [6.45, 7) is 4.79. The van der Waals surface area contributed by atoms with Crippen molar-refractivity contribution < 1.29 is 8.78 Å². The highest BCUT2D eigenvalue weighted by atomic mass is 19.2. The van der Waals surface area contributed by atoms with E-state index in [4.69, 9.17) is 5.73 Å². The second-order valence-electron chi connectivity index (χ2n) is 8.63. The molecule has 0 aliphatic rings. The van der Waals surface area contributed by atoms with Gasteiger partial charge >= 0.3 is 0 Å². The maximum absolute atomic E-state index is 13.5. The summed E-state index contributed by atoms with van der Waals surface area (Å²) in [6, 6.07) is 9.51. The predicted octanol–water partition coefficient (Wildman–Crippen LogP) is 3.66. The molecule has 4 N–H and O–H groups in total. The molecular weight excluding hydrogens is 462 g/mol. The van der Waals surface area contributed by atoms with Gasteiger partial charge in [0.15, 0.2) is 11.6 Å². The summed E-state index contributed by atoms with van der Waals surface area (Å²) in [5, 5.41) is 7.40. The summed E-state index contributed by atoms with van der Waals surface area (Å²) in [4.78, 5) is 21.2. The minimum absolute atomic E-state index is 0.0890. The van der Waals surface area contributed by atoms with Crippen LogP contribution >= 0.6 is 0 Å². The first kappa shape index (κ1) is 24.8. The molecule has 9 heteroatoms. The van der Waals surface area contributed by atoms with Gasteiger partial charge in [0.25, 0.3) is 5.56 Å². The fourth-order valence-corrected chi connectivity index (χ4v) is 3.71. The van der Waals surface area contributed by atoms with Crippen molar-refractivity contribution >= 4 is 22.3 Å². The van der Waals surface area contributed by atoms with Gasteiger partial charge in [-0.15, -0.1) is 0 Å². The third kappa shape index (κ3) is 5.85. The molecule has 2 aromatic heterocycles. The minimum atomic E-state index is -0.955. The van der Waals surface area contributed by atoms with Crippen molar-refractivity contribution in [2.45, 2.75) is 33.0 Å². The number of hydrogen-bond donors (Lipinski definition) is 3. The first-order chi connectivity index (χ1) is 17.3. The molecule has 0 radical (unpaired) electrons. The highest BCUT2D eigenvalue weighted by Gasteiger charge is 2.09. The van der Waals surface area contributed by atoms with Gasteiger partial charge in [-0.1, -0.05) is 17.9 Å². The molecule has 0 aliphatic heterocycles. The molecule has 4 rings (SSSR count). The number of nitrogens with two attached hydrogens (primary N) is 1. The Morgan fingerprint density at radius 3 is 2.72 bits per heavy atom. The van der Waals surface area contributed by atoms with E-state index in [0.717, 1.165) is 34.3 Å². The van der Waals surface area contributed by atoms with E-state index in [-0.39, 0.29) is 24.7 Å². The lowest BCUT2D eigenvalue weighted by Crippen LogP contribution is -2.28. The Balaban J connectivity index is 1.41. The van der Waals surface area contributed by atoms with E-state index in [0.29, 0.717) is 23.4 Å². The Morgan fingerprint density at radius 1 is 1.11 bits per heavy atom. The Morgan fingerprint density at radius 2 is 1.94 bits per heavy atom. The number of nitrogens with zero attached hydrogens (tertiary/aromatic N) is 3. The van der Waals surface area contributed by atoms with Crippen molar-refractivity contribution in [2.24, 2.45) is 0 Å². The van der Waals surface area contributed by atoms with Crippen LogP contribution in [-0.4, -0.2) is 27.1 Å². The quantitative estimate of drug-likeness (QED) is 0.271. The Bertz CT molecular complexity index is 1520. The Labute approximate surface area is 207 Å².